The number of para-hydroxylation sites is 1. The monoisotopic (exact) mass is 424 g/mol. The lowest BCUT2D eigenvalue weighted by atomic mass is 10.1. The van der Waals surface area contributed by atoms with Crippen molar-refractivity contribution in [2.75, 3.05) is 33.9 Å². The summed E-state index contributed by atoms with van der Waals surface area (Å²) in [6.07, 6.45) is 1.68. The van der Waals surface area contributed by atoms with Crippen LogP contribution in [-0.2, 0) is 22.4 Å². The highest BCUT2D eigenvalue weighted by Gasteiger charge is 2.34. The molecule has 0 aliphatic carbocycles. The third kappa shape index (κ3) is 4.76. The fourth-order valence-electron chi connectivity index (χ4n) is 4.19. The quantitative estimate of drug-likeness (QED) is 0.703. The number of benzene rings is 2. The smallest absolute Gasteiger partial charge is 0.225 e. The van der Waals surface area contributed by atoms with Gasteiger partial charge in [-0.25, -0.2) is 0 Å². The molecule has 1 N–H and O–H groups in total. The van der Waals surface area contributed by atoms with Crippen molar-refractivity contribution in [3.63, 3.8) is 0 Å². The minimum absolute atomic E-state index is 0.0187. The Morgan fingerprint density at radius 1 is 1.13 bits per heavy atom. The zero-order chi connectivity index (χ0) is 21.8. The van der Waals surface area contributed by atoms with Gasteiger partial charge in [-0.1, -0.05) is 24.3 Å². The molecule has 2 heterocycles. The fourth-order valence-corrected chi connectivity index (χ4v) is 4.19. The largest absolute Gasteiger partial charge is 0.493 e. The Morgan fingerprint density at radius 3 is 2.71 bits per heavy atom. The summed E-state index contributed by atoms with van der Waals surface area (Å²) in [6.45, 7) is 1.46. The molecule has 164 valence electrons. The van der Waals surface area contributed by atoms with Crippen LogP contribution in [0.25, 0.3) is 0 Å². The molecule has 2 aliphatic heterocycles. The minimum Gasteiger partial charge on any atom is -0.493 e. The molecule has 1 saturated heterocycles. The van der Waals surface area contributed by atoms with E-state index in [-0.39, 0.29) is 30.3 Å². The fraction of sp³-hybridized carbons (Fsp3) is 0.417. The van der Waals surface area contributed by atoms with Gasteiger partial charge in [0.1, 0.15) is 11.9 Å². The summed E-state index contributed by atoms with van der Waals surface area (Å²) >= 11 is 0. The maximum atomic E-state index is 12.6. The van der Waals surface area contributed by atoms with Crippen molar-refractivity contribution >= 4 is 11.8 Å². The number of carbonyl (C=O) groups excluding carboxylic acids is 2. The number of nitrogens with zero attached hydrogens (tertiary/aromatic N) is 1. The summed E-state index contributed by atoms with van der Waals surface area (Å²) in [6, 6.07) is 13.7. The first-order valence-electron chi connectivity index (χ1n) is 10.6. The summed E-state index contributed by atoms with van der Waals surface area (Å²) in [5.41, 5.74) is 2.22. The second-order valence-corrected chi connectivity index (χ2v) is 7.98. The van der Waals surface area contributed by atoms with Crippen LogP contribution in [0.3, 0.4) is 0 Å². The lowest BCUT2D eigenvalue weighted by Crippen LogP contribution is -2.39. The van der Waals surface area contributed by atoms with E-state index >= 15 is 0 Å². The van der Waals surface area contributed by atoms with Gasteiger partial charge >= 0.3 is 0 Å². The lowest BCUT2D eigenvalue weighted by Gasteiger charge is -2.18. The molecule has 2 unspecified atom stereocenters. The summed E-state index contributed by atoms with van der Waals surface area (Å²) < 4.78 is 16.5. The van der Waals surface area contributed by atoms with E-state index in [1.807, 2.05) is 42.5 Å². The van der Waals surface area contributed by atoms with Gasteiger partial charge in [-0.2, -0.15) is 0 Å². The zero-order valence-electron chi connectivity index (χ0n) is 17.9. The van der Waals surface area contributed by atoms with Crippen LogP contribution in [-0.4, -0.2) is 56.7 Å². The van der Waals surface area contributed by atoms with Crippen molar-refractivity contribution in [3.8, 4) is 17.2 Å². The SMILES string of the molecule is COc1ccc(CCN2CC(C(=O)NCC3Cc4ccccc4O3)CC2=O)cc1OC. The van der Waals surface area contributed by atoms with Gasteiger partial charge in [0.2, 0.25) is 11.8 Å². The average molecular weight is 424 g/mol. The standard InChI is InChI=1S/C24H28N2O5/c1-29-21-8-7-16(11-22(21)30-2)9-10-26-15-18(13-23(26)27)24(28)25-14-19-12-17-5-3-4-6-20(17)31-19/h3-8,11,18-19H,9-10,12-15H2,1-2H3,(H,25,28). The Hall–Kier alpha value is -3.22. The number of amides is 2. The van der Waals surface area contributed by atoms with E-state index in [1.54, 1.807) is 19.1 Å². The summed E-state index contributed by atoms with van der Waals surface area (Å²) in [7, 11) is 3.20. The van der Waals surface area contributed by atoms with E-state index in [2.05, 4.69) is 5.32 Å². The molecule has 0 spiro atoms. The summed E-state index contributed by atoms with van der Waals surface area (Å²) in [5.74, 6) is 1.85. The van der Waals surface area contributed by atoms with E-state index in [1.165, 1.54) is 5.56 Å². The van der Waals surface area contributed by atoms with E-state index in [0.29, 0.717) is 37.6 Å². The van der Waals surface area contributed by atoms with Crippen LogP contribution in [0.1, 0.15) is 17.5 Å². The van der Waals surface area contributed by atoms with Crippen LogP contribution >= 0.6 is 0 Å². The van der Waals surface area contributed by atoms with Gasteiger partial charge in [0.15, 0.2) is 11.5 Å². The number of nitrogens with one attached hydrogen (secondary N) is 1. The van der Waals surface area contributed by atoms with Crippen LogP contribution in [0.2, 0.25) is 0 Å². The second kappa shape index (κ2) is 9.29. The molecule has 2 aliphatic rings. The number of carbonyl (C=O) groups is 2. The van der Waals surface area contributed by atoms with Crippen molar-refractivity contribution in [1.29, 1.82) is 0 Å². The van der Waals surface area contributed by atoms with Crippen molar-refractivity contribution in [2.45, 2.75) is 25.4 Å². The molecule has 0 radical (unpaired) electrons. The van der Waals surface area contributed by atoms with Crippen LogP contribution < -0.4 is 19.5 Å². The molecular weight excluding hydrogens is 396 g/mol. The highest BCUT2D eigenvalue weighted by molar-refractivity contribution is 5.89. The molecule has 1 fully saturated rings. The van der Waals surface area contributed by atoms with E-state index in [4.69, 9.17) is 14.2 Å². The third-order valence-electron chi connectivity index (χ3n) is 5.92. The average Bonchev–Trinajstić information content (AvgIpc) is 3.38. The molecule has 0 bridgehead atoms. The number of fused-ring (bicyclic) bond motifs is 1. The van der Waals surface area contributed by atoms with E-state index in [0.717, 1.165) is 17.7 Å². The molecule has 2 aromatic carbocycles. The van der Waals surface area contributed by atoms with Crippen LogP contribution in [0, 0.1) is 5.92 Å². The van der Waals surface area contributed by atoms with Gasteiger partial charge in [-0.3, -0.25) is 9.59 Å². The number of likely N-dealkylation sites (tertiary alicyclic amines) is 1. The second-order valence-electron chi connectivity index (χ2n) is 7.98. The number of hydrogen-bond acceptors (Lipinski definition) is 5. The van der Waals surface area contributed by atoms with Gasteiger partial charge in [0.05, 0.1) is 26.7 Å². The van der Waals surface area contributed by atoms with Gasteiger partial charge in [-0.15, -0.1) is 0 Å². The zero-order valence-corrected chi connectivity index (χ0v) is 17.9. The predicted octanol–water partition coefficient (Wildman–Crippen LogP) is 2.21. The summed E-state index contributed by atoms with van der Waals surface area (Å²) in [4.78, 5) is 26.8. The normalized spacial score (nSPS) is 19.7. The Bertz CT molecular complexity index is 936. The first-order valence-corrected chi connectivity index (χ1v) is 10.6. The Labute approximate surface area is 182 Å². The molecule has 31 heavy (non-hydrogen) atoms. The van der Waals surface area contributed by atoms with Gasteiger partial charge in [-0.05, 0) is 35.7 Å². The maximum Gasteiger partial charge on any atom is 0.225 e. The highest BCUT2D eigenvalue weighted by atomic mass is 16.5. The molecule has 2 aromatic rings. The molecule has 0 aromatic heterocycles. The number of ether oxygens (including phenoxy) is 3. The molecular formula is C24H28N2O5. The first kappa shape index (κ1) is 21.0. The topological polar surface area (TPSA) is 77.1 Å². The number of rotatable bonds is 8. The van der Waals surface area contributed by atoms with E-state index < -0.39 is 0 Å². The molecule has 2 atom stereocenters. The maximum absolute atomic E-state index is 12.6. The van der Waals surface area contributed by atoms with Crippen LogP contribution in [0.4, 0.5) is 0 Å². The van der Waals surface area contributed by atoms with Gasteiger partial charge in [0.25, 0.3) is 0 Å². The first-order chi connectivity index (χ1) is 15.1. The number of methoxy groups -OCH3 is 2. The molecule has 0 saturated carbocycles. The third-order valence-corrected chi connectivity index (χ3v) is 5.92. The molecule has 4 rings (SSSR count). The van der Waals surface area contributed by atoms with Crippen molar-refractivity contribution in [2.24, 2.45) is 5.92 Å². The van der Waals surface area contributed by atoms with E-state index in [9.17, 15) is 9.59 Å². The molecule has 7 heteroatoms. The minimum atomic E-state index is -0.318. The van der Waals surface area contributed by atoms with Crippen LogP contribution in [0.15, 0.2) is 42.5 Å². The van der Waals surface area contributed by atoms with Crippen molar-refractivity contribution < 1.29 is 23.8 Å². The Morgan fingerprint density at radius 2 is 1.94 bits per heavy atom. The highest BCUT2D eigenvalue weighted by Crippen LogP contribution is 2.29. The molecule has 7 nitrogen and oxygen atoms in total. The van der Waals surface area contributed by atoms with Crippen LogP contribution in [0.5, 0.6) is 17.2 Å². The Balaban J connectivity index is 1.25. The molecule has 2 amide bonds. The lowest BCUT2D eigenvalue weighted by molar-refractivity contribution is -0.129. The van der Waals surface area contributed by atoms with Gasteiger partial charge in [0, 0.05) is 25.9 Å². The van der Waals surface area contributed by atoms with Crippen molar-refractivity contribution in [3.05, 3.63) is 53.6 Å². The van der Waals surface area contributed by atoms with Gasteiger partial charge < -0.3 is 24.4 Å². The number of hydrogen-bond donors (Lipinski definition) is 1. The summed E-state index contributed by atoms with van der Waals surface area (Å²) in [5, 5.41) is 2.97. The van der Waals surface area contributed by atoms with Crippen molar-refractivity contribution in [1.82, 2.24) is 10.2 Å². The Kier molecular flexibility index (Phi) is 6.30. The predicted molar refractivity (Wildman–Crippen MR) is 116 cm³/mol.